The fourth-order valence-corrected chi connectivity index (χ4v) is 4.97. The van der Waals surface area contributed by atoms with Gasteiger partial charge in [-0.05, 0) is 47.5 Å². The Labute approximate surface area is 180 Å². The van der Waals surface area contributed by atoms with Crippen LogP contribution in [0.2, 0.25) is 0 Å². The van der Waals surface area contributed by atoms with E-state index >= 15 is 0 Å². The molecule has 6 heteroatoms. The number of methoxy groups -OCH3 is 1. The van der Waals surface area contributed by atoms with E-state index in [4.69, 9.17) is 10.5 Å². The van der Waals surface area contributed by atoms with Gasteiger partial charge in [0.05, 0.1) is 18.1 Å². The standard InChI is InChI=1S/C24H24N2O3S/c1-29-20-10-5-4-9-19(20)22(27)26-13-12-24(16-26,23(25)28)15-17-7-2-3-8-18(17)21-11-6-14-30-21/h2-11,14H,12-13,15-16H2,1H3,(H2,25,28). The van der Waals surface area contributed by atoms with Crippen molar-refractivity contribution >= 4 is 23.2 Å². The second-order valence-corrected chi connectivity index (χ2v) is 8.58. The van der Waals surface area contributed by atoms with E-state index in [0.29, 0.717) is 37.2 Å². The summed E-state index contributed by atoms with van der Waals surface area (Å²) in [5.41, 5.74) is 7.81. The molecule has 2 N–H and O–H groups in total. The minimum absolute atomic E-state index is 0.137. The number of nitrogens with zero attached hydrogens (tertiary/aromatic N) is 1. The summed E-state index contributed by atoms with van der Waals surface area (Å²) < 4.78 is 5.34. The Morgan fingerprint density at radius 2 is 1.87 bits per heavy atom. The highest BCUT2D eigenvalue weighted by atomic mass is 32.1. The molecular formula is C24H24N2O3S. The molecule has 1 aromatic heterocycles. The van der Waals surface area contributed by atoms with E-state index in [9.17, 15) is 9.59 Å². The number of hydrogen-bond acceptors (Lipinski definition) is 4. The summed E-state index contributed by atoms with van der Waals surface area (Å²) >= 11 is 1.67. The van der Waals surface area contributed by atoms with E-state index in [0.717, 1.165) is 16.0 Å². The molecule has 1 aliphatic heterocycles. The first-order chi connectivity index (χ1) is 14.5. The van der Waals surface area contributed by atoms with Crippen LogP contribution in [-0.4, -0.2) is 36.9 Å². The van der Waals surface area contributed by atoms with Crippen molar-refractivity contribution in [2.45, 2.75) is 12.8 Å². The van der Waals surface area contributed by atoms with Crippen LogP contribution in [0.1, 0.15) is 22.3 Å². The average Bonchev–Trinajstić information content (AvgIpc) is 3.45. The fourth-order valence-electron chi connectivity index (χ4n) is 4.18. The van der Waals surface area contributed by atoms with Gasteiger partial charge in [0.2, 0.25) is 5.91 Å². The van der Waals surface area contributed by atoms with E-state index in [-0.39, 0.29) is 11.8 Å². The maximum absolute atomic E-state index is 13.1. The lowest BCUT2D eigenvalue weighted by molar-refractivity contribution is -0.126. The summed E-state index contributed by atoms with van der Waals surface area (Å²) in [7, 11) is 1.55. The fraction of sp³-hybridized carbons (Fsp3) is 0.250. The molecule has 5 nitrogen and oxygen atoms in total. The molecule has 1 saturated heterocycles. The Morgan fingerprint density at radius 1 is 1.10 bits per heavy atom. The molecule has 0 radical (unpaired) electrons. The number of benzene rings is 2. The molecule has 1 aliphatic rings. The highest BCUT2D eigenvalue weighted by molar-refractivity contribution is 7.13. The topological polar surface area (TPSA) is 72.6 Å². The molecule has 0 spiro atoms. The Morgan fingerprint density at radius 3 is 2.60 bits per heavy atom. The lowest BCUT2D eigenvalue weighted by atomic mass is 9.79. The first-order valence-corrected chi connectivity index (χ1v) is 10.8. The largest absolute Gasteiger partial charge is 0.496 e. The lowest BCUT2D eigenvalue weighted by Crippen LogP contribution is -2.42. The average molecular weight is 421 g/mol. The van der Waals surface area contributed by atoms with Crippen LogP contribution in [0.3, 0.4) is 0 Å². The molecule has 2 heterocycles. The van der Waals surface area contributed by atoms with Crippen molar-refractivity contribution in [2.24, 2.45) is 11.1 Å². The van der Waals surface area contributed by atoms with Crippen LogP contribution in [0, 0.1) is 5.41 Å². The second kappa shape index (κ2) is 8.32. The van der Waals surface area contributed by atoms with E-state index in [1.807, 2.05) is 41.8 Å². The van der Waals surface area contributed by atoms with Crippen LogP contribution < -0.4 is 10.5 Å². The highest BCUT2D eigenvalue weighted by Gasteiger charge is 2.45. The second-order valence-electron chi connectivity index (χ2n) is 7.63. The van der Waals surface area contributed by atoms with E-state index in [1.54, 1.807) is 35.5 Å². The monoisotopic (exact) mass is 420 g/mol. The Bertz CT molecular complexity index is 1060. The van der Waals surface area contributed by atoms with Crippen LogP contribution in [0.25, 0.3) is 10.4 Å². The molecule has 0 saturated carbocycles. The molecule has 154 valence electrons. The number of carbonyl (C=O) groups excluding carboxylic acids is 2. The van der Waals surface area contributed by atoms with Crippen molar-refractivity contribution in [2.75, 3.05) is 20.2 Å². The molecule has 2 amide bonds. The van der Waals surface area contributed by atoms with Crippen LogP contribution in [0.15, 0.2) is 66.0 Å². The number of hydrogen-bond donors (Lipinski definition) is 1. The number of ether oxygens (including phenoxy) is 1. The third-order valence-electron chi connectivity index (χ3n) is 5.83. The normalized spacial score (nSPS) is 18.4. The van der Waals surface area contributed by atoms with Crippen molar-refractivity contribution in [3.05, 3.63) is 77.2 Å². The van der Waals surface area contributed by atoms with Crippen LogP contribution in [-0.2, 0) is 11.2 Å². The third kappa shape index (κ3) is 3.71. The minimum atomic E-state index is -0.787. The molecule has 2 aromatic carbocycles. The zero-order valence-corrected chi connectivity index (χ0v) is 17.7. The quantitative estimate of drug-likeness (QED) is 0.655. The molecule has 4 rings (SSSR count). The zero-order valence-electron chi connectivity index (χ0n) is 16.8. The maximum atomic E-state index is 13.1. The predicted octanol–water partition coefficient (Wildman–Crippen LogP) is 3.98. The summed E-state index contributed by atoms with van der Waals surface area (Å²) in [6, 6.07) is 19.3. The van der Waals surface area contributed by atoms with Crippen molar-refractivity contribution < 1.29 is 14.3 Å². The van der Waals surface area contributed by atoms with Gasteiger partial charge in [0, 0.05) is 18.0 Å². The molecule has 1 atom stereocenters. The molecule has 0 aliphatic carbocycles. The molecule has 0 bridgehead atoms. The summed E-state index contributed by atoms with van der Waals surface area (Å²) in [6.45, 7) is 0.791. The molecule has 3 aromatic rings. The number of thiophene rings is 1. The van der Waals surface area contributed by atoms with Gasteiger partial charge in [-0.25, -0.2) is 0 Å². The maximum Gasteiger partial charge on any atom is 0.257 e. The van der Waals surface area contributed by atoms with Gasteiger partial charge in [-0.2, -0.15) is 0 Å². The Hall–Kier alpha value is -3.12. The Balaban J connectivity index is 1.62. The first-order valence-electron chi connectivity index (χ1n) is 9.88. The first kappa shape index (κ1) is 20.2. The van der Waals surface area contributed by atoms with E-state index in [1.165, 1.54) is 0 Å². The number of carbonyl (C=O) groups is 2. The van der Waals surface area contributed by atoms with Crippen LogP contribution in [0.4, 0.5) is 0 Å². The number of amides is 2. The summed E-state index contributed by atoms with van der Waals surface area (Å²) in [6.07, 6.45) is 1.05. The number of para-hydroxylation sites is 1. The van der Waals surface area contributed by atoms with Gasteiger partial charge in [0.1, 0.15) is 5.75 Å². The Kier molecular flexibility index (Phi) is 5.59. The molecule has 30 heavy (non-hydrogen) atoms. The van der Waals surface area contributed by atoms with E-state index < -0.39 is 5.41 Å². The predicted molar refractivity (Wildman–Crippen MR) is 119 cm³/mol. The molecule has 1 unspecified atom stereocenters. The molecular weight excluding hydrogens is 396 g/mol. The SMILES string of the molecule is COc1ccccc1C(=O)N1CCC(Cc2ccccc2-c2cccs2)(C(N)=O)C1. The highest BCUT2D eigenvalue weighted by Crippen LogP contribution is 2.38. The van der Waals surface area contributed by atoms with Gasteiger partial charge >= 0.3 is 0 Å². The molecule has 1 fully saturated rings. The summed E-state index contributed by atoms with van der Waals surface area (Å²) in [5, 5.41) is 2.04. The van der Waals surface area contributed by atoms with Crippen molar-refractivity contribution in [3.8, 4) is 16.2 Å². The van der Waals surface area contributed by atoms with Gasteiger partial charge in [-0.3, -0.25) is 9.59 Å². The van der Waals surface area contributed by atoms with Crippen LogP contribution in [0.5, 0.6) is 5.75 Å². The lowest BCUT2D eigenvalue weighted by Gasteiger charge is -2.27. The van der Waals surface area contributed by atoms with Crippen molar-refractivity contribution in [1.29, 1.82) is 0 Å². The van der Waals surface area contributed by atoms with E-state index in [2.05, 4.69) is 12.1 Å². The third-order valence-corrected chi connectivity index (χ3v) is 6.74. The van der Waals surface area contributed by atoms with Gasteiger partial charge in [-0.1, -0.05) is 42.5 Å². The zero-order chi connectivity index (χ0) is 21.1. The van der Waals surface area contributed by atoms with Gasteiger partial charge in [0.25, 0.3) is 5.91 Å². The van der Waals surface area contributed by atoms with Crippen LogP contribution >= 0.6 is 11.3 Å². The van der Waals surface area contributed by atoms with Crippen molar-refractivity contribution in [1.82, 2.24) is 4.90 Å². The minimum Gasteiger partial charge on any atom is -0.496 e. The van der Waals surface area contributed by atoms with Gasteiger partial charge < -0.3 is 15.4 Å². The number of rotatable bonds is 6. The number of nitrogens with two attached hydrogens (primary N) is 1. The van der Waals surface area contributed by atoms with Gasteiger partial charge in [-0.15, -0.1) is 11.3 Å². The van der Waals surface area contributed by atoms with Gasteiger partial charge in [0.15, 0.2) is 0 Å². The number of primary amides is 1. The summed E-state index contributed by atoms with van der Waals surface area (Å²) in [4.78, 5) is 28.6. The number of likely N-dealkylation sites (tertiary alicyclic amines) is 1. The van der Waals surface area contributed by atoms with Crippen molar-refractivity contribution in [3.63, 3.8) is 0 Å². The summed E-state index contributed by atoms with van der Waals surface area (Å²) in [5.74, 6) is 0.0306. The smallest absolute Gasteiger partial charge is 0.257 e.